The molecule has 6 nitrogen and oxygen atoms in total. The Morgan fingerprint density at radius 2 is 1.61 bits per heavy atom. The summed E-state index contributed by atoms with van der Waals surface area (Å²) in [6.45, 7) is 4.81. The van der Waals surface area contributed by atoms with E-state index in [1.165, 1.54) is 17.9 Å². The minimum absolute atomic E-state index is 0.0173. The van der Waals surface area contributed by atoms with Gasteiger partial charge in [-0.3, -0.25) is 14.7 Å². The molecule has 0 aliphatic heterocycles. The van der Waals surface area contributed by atoms with Gasteiger partial charge in [0.1, 0.15) is 0 Å². The molecule has 1 aromatic rings. The Balaban J connectivity index is 2.76. The molecule has 0 heterocycles. The third-order valence-electron chi connectivity index (χ3n) is 3.09. The van der Waals surface area contributed by atoms with Crippen LogP contribution in [-0.4, -0.2) is 18.1 Å². The summed E-state index contributed by atoms with van der Waals surface area (Å²) < 4.78 is 23.5. The van der Waals surface area contributed by atoms with Crippen molar-refractivity contribution in [2.45, 2.75) is 39.5 Å². The second-order valence-corrected chi connectivity index (χ2v) is 6.97. The molecule has 0 aliphatic carbocycles. The van der Waals surface area contributed by atoms with Crippen molar-refractivity contribution in [2.24, 2.45) is 0 Å². The van der Waals surface area contributed by atoms with E-state index < -0.39 is 12.5 Å². The molecule has 1 rings (SSSR count). The molecule has 0 N–H and O–H groups in total. The van der Waals surface area contributed by atoms with Crippen LogP contribution in [0.2, 0.25) is 0 Å². The van der Waals surface area contributed by atoms with Crippen LogP contribution in [0.3, 0.4) is 0 Å². The molecule has 0 unspecified atom stereocenters. The molecule has 0 saturated heterocycles. The molecule has 0 bridgehead atoms. The highest BCUT2D eigenvalue weighted by atomic mass is 31.2. The number of hydrogen-bond donors (Lipinski definition) is 0. The van der Waals surface area contributed by atoms with Crippen molar-refractivity contribution in [1.82, 2.24) is 0 Å². The number of hydrogen-bond acceptors (Lipinski definition) is 5. The fraction of sp³-hybridized carbons (Fsp3) is 0.500. The Bertz CT molecular complexity index is 542. The molecule has 128 valence electrons. The summed E-state index contributed by atoms with van der Waals surface area (Å²) in [6.07, 6.45) is 5.13. The maximum atomic E-state index is 12.7. The van der Waals surface area contributed by atoms with Crippen LogP contribution in [0, 0.1) is 10.1 Å². The van der Waals surface area contributed by atoms with E-state index in [1.807, 2.05) is 13.8 Å². The lowest BCUT2D eigenvalue weighted by Gasteiger charge is -2.15. The van der Waals surface area contributed by atoms with E-state index in [-0.39, 0.29) is 5.69 Å². The first-order chi connectivity index (χ1) is 11.0. The van der Waals surface area contributed by atoms with Gasteiger partial charge in [-0.1, -0.05) is 26.7 Å². The first-order valence-corrected chi connectivity index (χ1v) is 9.44. The van der Waals surface area contributed by atoms with Crippen molar-refractivity contribution in [3.8, 4) is 0 Å². The van der Waals surface area contributed by atoms with Gasteiger partial charge in [0.25, 0.3) is 5.69 Å². The molecule has 1 aromatic carbocycles. The molecule has 7 heteroatoms. The number of unbranched alkanes of at least 4 members (excludes halogenated alkanes) is 2. The summed E-state index contributed by atoms with van der Waals surface area (Å²) in [4.78, 5) is 10.2. The zero-order chi connectivity index (χ0) is 17.1. The number of non-ortho nitro benzene ring substituents is 1. The predicted molar refractivity (Wildman–Crippen MR) is 91.5 cm³/mol. The topological polar surface area (TPSA) is 78.7 Å². The van der Waals surface area contributed by atoms with Crippen LogP contribution in [0.1, 0.15) is 45.1 Å². The predicted octanol–water partition coefficient (Wildman–Crippen LogP) is 5.39. The summed E-state index contributed by atoms with van der Waals surface area (Å²) in [5.74, 6) is 1.43. The zero-order valence-electron chi connectivity index (χ0n) is 13.6. The second kappa shape index (κ2) is 10.3. The van der Waals surface area contributed by atoms with Gasteiger partial charge < -0.3 is 9.05 Å². The monoisotopic (exact) mass is 341 g/mol. The van der Waals surface area contributed by atoms with Crippen molar-refractivity contribution in [3.05, 3.63) is 45.8 Å². The van der Waals surface area contributed by atoms with Gasteiger partial charge in [-0.25, -0.2) is 0 Å². The molecule has 0 fully saturated rings. The maximum Gasteiger partial charge on any atom is 0.354 e. The molecule has 0 spiro atoms. The Hall–Kier alpha value is -1.49. The van der Waals surface area contributed by atoms with Gasteiger partial charge in [0.2, 0.25) is 0 Å². The third-order valence-corrected chi connectivity index (χ3v) is 4.69. The molecular formula is C16H24NO5P. The Morgan fingerprint density at radius 1 is 1.09 bits per heavy atom. The molecule has 0 atom stereocenters. The number of benzene rings is 1. The Kier molecular flexibility index (Phi) is 8.77. The summed E-state index contributed by atoms with van der Waals surface area (Å²) >= 11 is 0. The molecule has 0 saturated carbocycles. The van der Waals surface area contributed by atoms with Crippen LogP contribution in [0.5, 0.6) is 0 Å². The van der Waals surface area contributed by atoms with E-state index in [0.29, 0.717) is 18.8 Å². The molecule has 0 amide bonds. The molecular weight excluding hydrogens is 317 g/mol. The smallest absolute Gasteiger partial charge is 0.306 e. The normalized spacial score (nSPS) is 11.9. The minimum atomic E-state index is -3.29. The third kappa shape index (κ3) is 7.55. The number of nitrogens with zero attached hydrogens (tertiary/aromatic N) is 1. The Labute approximate surface area is 137 Å². The lowest BCUT2D eigenvalue weighted by Crippen LogP contribution is -1.97. The van der Waals surface area contributed by atoms with E-state index in [1.54, 1.807) is 18.2 Å². The number of nitro benzene ring substituents is 1. The standard InChI is InChI=1S/C16H24NO5P/c1-3-5-12-21-23(20,22-13-6-4-2)14-11-15-7-9-16(10-8-15)17(18)19/h7-11,14H,3-6,12-13H2,1-2H3. The van der Waals surface area contributed by atoms with E-state index in [9.17, 15) is 14.7 Å². The van der Waals surface area contributed by atoms with Crippen molar-refractivity contribution >= 4 is 19.4 Å². The molecule has 0 radical (unpaired) electrons. The number of rotatable bonds is 11. The second-order valence-electron chi connectivity index (χ2n) is 5.08. The summed E-state index contributed by atoms with van der Waals surface area (Å²) in [7, 11) is -3.29. The van der Waals surface area contributed by atoms with E-state index in [4.69, 9.17) is 9.05 Å². The fourth-order valence-corrected chi connectivity index (χ4v) is 3.05. The summed E-state index contributed by atoms with van der Waals surface area (Å²) in [5.41, 5.74) is 0.720. The van der Waals surface area contributed by atoms with Crippen LogP contribution in [0.15, 0.2) is 30.1 Å². The number of nitro groups is 1. The van der Waals surface area contributed by atoms with E-state index in [0.717, 1.165) is 25.7 Å². The minimum Gasteiger partial charge on any atom is -0.306 e. The SMILES string of the molecule is CCCCOP(=O)(C=Cc1ccc([N+](=O)[O-])cc1)OCCCC. The lowest BCUT2D eigenvalue weighted by molar-refractivity contribution is -0.384. The van der Waals surface area contributed by atoms with Gasteiger partial charge in [0.05, 0.1) is 18.1 Å². The van der Waals surface area contributed by atoms with Crippen LogP contribution in [0.25, 0.3) is 6.08 Å². The first kappa shape index (κ1) is 19.6. The average Bonchev–Trinajstić information content (AvgIpc) is 2.54. The maximum absolute atomic E-state index is 12.7. The highest BCUT2D eigenvalue weighted by molar-refractivity contribution is 7.57. The van der Waals surface area contributed by atoms with Gasteiger partial charge in [-0.15, -0.1) is 0 Å². The largest absolute Gasteiger partial charge is 0.354 e. The zero-order valence-corrected chi connectivity index (χ0v) is 14.5. The highest BCUT2D eigenvalue weighted by Crippen LogP contribution is 2.50. The highest BCUT2D eigenvalue weighted by Gasteiger charge is 2.20. The van der Waals surface area contributed by atoms with E-state index >= 15 is 0 Å². The van der Waals surface area contributed by atoms with Crippen molar-refractivity contribution in [3.63, 3.8) is 0 Å². The van der Waals surface area contributed by atoms with Gasteiger partial charge in [-0.05, 0) is 36.6 Å². The van der Waals surface area contributed by atoms with Crippen LogP contribution >= 0.6 is 7.60 Å². The average molecular weight is 341 g/mol. The fourth-order valence-electron chi connectivity index (χ4n) is 1.68. The Morgan fingerprint density at radius 3 is 2.04 bits per heavy atom. The van der Waals surface area contributed by atoms with Gasteiger partial charge in [0.15, 0.2) is 0 Å². The van der Waals surface area contributed by atoms with Gasteiger partial charge >= 0.3 is 7.60 Å². The van der Waals surface area contributed by atoms with Gasteiger partial charge in [-0.2, -0.15) is 0 Å². The summed E-state index contributed by atoms with van der Waals surface area (Å²) in [5, 5.41) is 10.6. The molecule has 0 aliphatic rings. The molecule has 0 aromatic heterocycles. The van der Waals surface area contributed by atoms with Gasteiger partial charge in [0, 0.05) is 17.9 Å². The summed E-state index contributed by atoms with van der Waals surface area (Å²) in [6, 6.07) is 6.00. The lowest BCUT2D eigenvalue weighted by atomic mass is 10.2. The first-order valence-electron chi connectivity index (χ1n) is 7.83. The van der Waals surface area contributed by atoms with Crippen LogP contribution in [0.4, 0.5) is 5.69 Å². The van der Waals surface area contributed by atoms with Crippen molar-refractivity contribution in [1.29, 1.82) is 0 Å². The van der Waals surface area contributed by atoms with Crippen LogP contribution < -0.4 is 0 Å². The van der Waals surface area contributed by atoms with Crippen molar-refractivity contribution < 1.29 is 18.5 Å². The van der Waals surface area contributed by atoms with E-state index in [2.05, 4.69) is 0 Å². The quantitative estimate of drug-likeness (QED) is 0.233. The van der Waals surface area contributed by atoms with Crippen LogP contribution in [-0.2, 0) is 13.6 Å². The molecule has 23 heavy (non-hydrogen) atoms. The van der Waals surface area contributed by atoms with Crippen molar-refractivity contribution in [2.75, 3.05) is 13.2 Å².